The number of rotatable bonds is 6. The Hall–Kier alpha value is -2.89. The van der Waals surface area contributed by atoms with Gasteiger partial charge < -0.3 is 5.32 Å². The number of hydrogen-bond acceptors (Lipinski definition) is 5. The van der Waals surface area contributed by atoms with E-state index in [0.717, 1.165) is 24.0 Å². The molecule has 2 N–H and O–H groups in total. The summed E-state index contributed by atoms with van der Waals surface area (Å²) in [6, 6.07) is 4.11. The first-order valence-electron chi connectivity index (χ1n) is 10.7. The number of urea groups is 1. The maximum atomic E-state index is 15.3. The molecule has 0 atom stereocenters. The number of carbonyl (C=O) groups is 1. The predicted molar refractivity (Wildman–Crippen MR) is 130 cm³/mol. The van der Waals surface area contributed by atoms with Gasteiger partial charge >= 0.3 is 6.03 Å². The van der Waals surface area contributed by atoms with Gasteiger partial charge in [-0.3, -0.25) is 9.36 Å². The molecule has 9 nitrogen and oxygen atoms in total. The van der Waals surface area contributed by atoms with Crippen LogP contribution in [0.5, 0.6) is 0 Å². The van der Waals surface area contributed by atoms with Gasteiger partial charge in [-0.1, -0.05) is 29.3 Å². The van der Waals surface area contributed by atoms with Gasteiger partial charge in [-0.2, -0.15) is 10.2 Å². The first-order valence-corrected chi connectivity index (χ1v) is 13.0. The van der Waals surface area contributed by atoms with Crippen LogP contribution in [0.4, 0.5) is 9.18 Å². The van der Waals surface area contributed by atoms with Crippen molar-refractivity contribution in [2.45, 2.75) is 37.6 Å². The lowest BCUT2D eigenvalue weighted by Gasteiger charge is -2.19. The minimum atomic E-state index is -4.15. The summed E-state index contributed by atoms with van der Waals surface area (Å²) in [5, 5.41) is 11.6. The van der Waals surface area contributed by atoms with Crippen LogP contribution in [-0.4, -0.2) is 40.6 Å². The molecule has 0 aliphatic heterocycles. The number of allylic oxidation sites excluding steroid dienone is 1. The molecule has 0 radical (unpaired) electrons. The standard InChI is InChI=1S/C22H23Cl2FN6O3S/c1-13-20(12-30(2)28-13)35(33,34)29-22(32)26-10-19(25)17-5-3-4-14-9-27-31(21(14)17)11-15-6-7-16(23)8-18(15)24/h6-9,12H,3-5,10-11H2,1-2H3,(H2,26,29,32)/b19-17-. The van der Waals surface area contributed by atoms with Crippen LogP contribution < -0.4 is 10.0 Å². The molecular weight excluding hydrogens is 518 g/mol. The van der Waals surface area contributed by atoms with Crippen molar-refractivity contribution in [1.29, 1.82) is 0 Å². The first kappa shape index (κ1) is 25.2. The third-order valence-corrected chi connectivity index (χ3v) is 7.65. The number of amides is 2. The maximum Gasteiger partial charge on any atom is 0.329 e. The van der Waals surface area contributed by atoms with Crippen LogP contribution in [0, 0.1) is 6.92 Å². The Labute approximate surface area is 212 Å². The van der Waals surface area contributed by atoms with E-state index in [-0.39, 0.29) is 10.6 Å². The van der Waals surface area contributed by atoms with Crippen LogP contribution in [0.1, 0.15) is 35.4 Å². The molecule has 0 saturated heterocycles. The Balaban J connectivity index is 1.50. The van der Waals surface area contributed by atoms with Crippen LogP contribution in [0.2, 0.25) is 10.0 Å². The Morgan fingerprint density at radius 3 is 2.71 bits per heavy atom. The molecule has 3 aromatic rings. The Bertz CT molecular complexity index is 1430. The van der Waals surface area contributed by atoms with E-state index < -0.39 is 28.4 Å². The second kappa shape index (κ2) is 10.00. The number of halogens is 3. The lowest BCUT2D eigenvalue weighted by Crippen LogP contribution is -2.40. The number of nitrogens with one attached hydrogen (secondary N) is 2. The van der Waals surface area contributed by atoms with Gasteiger partial charge in [0, 0.05) is 28.9 Å². The lowest BCUT2D eigenvalue weighted by molar-refractivity contribution is 0.246. The molecule has 35 heavy (non-hydrogen) atoms. The van der Waals surface area contributed by atoms with Crippen LogP contribution in [0.25, 0.3) is 5.57 Å². The fourth-order valence-electron chi connectivity index (χ4n) is 4.05. The summed E-state index contributed by atoms with van der Waals surface area (Å²) in [6.07, 6.45) is 4.91. The summed E-state index contributed by atoms with van der Waals surface area (Å²) in [4.78, 5) is 12.1. The zero-order valence-corrected chi connectivity index (χ0v) is 21.3. The SMILES string of the molecule is Cc1nn(C)cc1S(=O)(=O)NC(=O)NC/C(F)=C1\CCCc2cnn(Cc3ccc(Cl)cc3Cl)c21. The smallest absolute Gasteiger partial charge is 0.329 e. The molecule has 0 unspecified atom stereocenters. The van der Waals surface area contributed by atoms with Gasteiger partial charge in [0.25, 0.3) is 10.0 Å². The average molecular weight is 541 g/mol. The van der Waals surface area contributed by atoms with Gasteiger partial charge in [-0.15, -0.1) is 0 Å². The van der Waals surface area contributed by atoms with Gasteiger partial charge in [0.1, 0.15) is 10.7 Å². The highest BCUT2D eigenvalue weighted by molar-refractivity contribution is 7.90. The van der Waals surface area contributed by atoms with Crippen molar-refractivity contribution in [3.05, 3.63) is 69.0 Å². The first-order chi connectivity index (χ1) is 16.5. The third kappa shape index (κ3) is 5.52. The zero-order valence-electron chi connectivity index (χ0n) is 19.0. The summed E-state index contributed by atoms with van der Waals surface area (Å²) in [7, 11) is -2.58. The van der Waals surface area contributed by atoms with Crippen molar-refractivity contribution in [2.75, 3.05) is 6.54 Å². The third-order valence-electron chi connectivity index (χ3n) is 5.63. The molecule has 0 spiro atoms. The van der Waals surface area contributed by atoms with E-state index in [0.29, 0.717) is 34.3 Å². The summed E-state index contributed by atoms with van der Waals surface area (Å²) < 4.78 is 45.1. The average Bonchev–Trinajstić information content (AvgIpc) is 3.36. The monoisotopic (exact) mass is 540 g/mol. The summed E-state index contributed by atoms with van der Waals surface area (Å²) in [5.74, 6) is -0.569. The molecule has 1 aromatic carbocycles. The summed E-state index contributed by atoms with van der Waals surface area (Å²) in [5.41, 5.74) is 2.97. The van der Waals surface area contributed by atoms with Crippen molar-refractivity contribution in [3.8, 4) is 0 Å². The lowest BCUT2D eigenvalue weighted by atomic mass is 9.92. The second-order valence-corrected chi connectivity index (χ2v) is 10.7. The topological polar surface area (TPSA) is 111 Å². The number of sulfonamides is 1. The molecule has 1 aliphatic carbocycles. The van der Waals surface area contributed by atoms with E-state index in [1.165, 1.54) is 17.8 Å². The van der Waals surface area contributed by atoms with Crippen LogP contribution >= 0.6 is 23.2 Å². The van der Waals surface area contributed by atoms with E-state index in [1.54, 1.807) is 36.1 Å². The number of nitrogens with zero attached hydrogens (tertiary/aromatic N) is 4. The van der Waals surface area contributed by atoms with Gasteiger partial charge in [0.2, 0.25) is 0 Å². The Kier molecular flexibility index (Phi) is 7.20. The highest BCUT2D eigenvalue weighted by Crippen LogP contribution is 2.34. The maximum absolute atomic E-state index is 15.3. The van der Waals surface area contributed by atoms with Crippen molar-refractivity contribution >= 4 is 44.8 Å². The molecule has 0 fully saturated rings. The minimum Gasteiger partial charge on any atom is -0.331 e. The molecule has 2 aromatic heterocycles. The molecule has 4 rings (SSSR count). The molecule has 186 valence electrons. The van der Waals surface area contributed by atoms with Crippen LogP contribution in [-0.2, 0) is 30.0 Å². The molecule has 13 heteroatoms. The van der Waals surface area contributed by atoms with Crippen molar-refractivity contribution in [1.82, 2.24) is 29.6 Å². The van der Waals surface area contributed by atoms with E-state index in [9.17, 15) is 13.2 Å². The minimum absolute atomic E-state index is 0.129. The zero-order chi connectivity index (χ0) is 25.3. The molecule has 0 bridgehead atoms. The molecule has 2 amide bonds. The van der Waals surface area contributed by atoms with Gasteiger partial charge in [-0.05, 0) is 49.4 Å². The second-order valence-electron chi connectivity index (χ2n) is 8.19. The van der Waals surface area contributed by atoms with Gasteiger partial charge in [0.05, 0.1) is 30.7 Å². The highest BCUT2D eigenvalue weighted by atomic mass is 35.5. The van der Waals surface area contributed by atoms with Gasteiger partial charge in [0.15, 0.2) is 0 Å². The Morgan fingerprint density at radius 2 is 2.03 bits per heavy atom. The van der Waals surface area contributed by atoms with Crippen molar-refractivity contribution in [2.24, 2.45) is 7.05 Å². The Morgan fingerprint density at radius 1 is 1.26 bits per heavy atom. The van der Waals surface area contributed by atoms with E-state index in [4.69, 9.17) is 23.2 Å². The number of carbonyl (C=O) groups excluding carboxylic acids is 1. The number of aryl methyl sites for hydroxylation is 3. The molecule has 1 aliphatic rings. The van der Waals surface area contributed by atoms with Crippen molar-refractivity contribution in [3.63, 3.8) is 0 Å². The molecule has 2 heterocycles. The van der Waals surface area contributed by atoms with Crippen LogP contribution in [0.15, 0.2) is 41.3 Å². The number of aromatic nitrogens is 4. The highest BCUT2D eigenvalue weighted by Gasteiger charge is 2.25. The predicted octanol–water partition coefficient (Wildman–Crippen LogP) is 3.99. The van der Waals surface area contributed by atoms with E-state index in [1.807, 2.05) is 4.72 Å². The molecular formula is C22H23Cl2FN6O3S. The fraction of sp³-hybridized carbons (Fsp3) is 0.318. The summed E-state index contributed by atoms with van der Waals surface area (Å²) in [6.45, 7) is 1.35. The van der Waals surface area contributed by atoms with E-state index >= 15 is 4.39 Å². The van der Waals surface area contributed by atoms with Crippen LogP contribution in [0.3, 0.4) is 0 Å². The number of hydrogen-bond donors (Lipinski definition) is 2. The van der Waals surface area contributed by atoms with Gasteiger partial charge in [-0.25, -0.2) is 22.3 Å². The largest absolute Gasteiger partial charge is 0.331 e. The molecule has 0 saturated carbocycles. The van der Waals surface area contributed by atoms with Crippen molar-refractivity contribution < 1.29 is 17.6 Å². The summed E-state index contributed by atoms with van der Waals surface area (Å²) >= 11 is 12.3. The fourth-order valence-corrected chi connectivity index (χ4v) is 5.66. The van der Waals surface area contributed by atoms with E-state index in [2.05, 4.69) is 15.5 Å². The normalized spacial score (nSPS) is 15.0. The number of fused-ring (bicyclic) bond motifs is 1. The quantitative estimate of drug-likeness (QED) is 0.491. The number of benzene rings is 1.